The maximum atomic E-state index is 12.1. The SMILES string of the molecule is CC(C)C(=O)N1CCN(CC(=O)Nc2cccc(Cl)c2Cl)CC1. The van der Waals surface area contributed by atoms with Crippen molar-refractivity contribution in [2.24, 2.45) is 5.92 Å². The molecule has 0 bridgehead atoms. The number of halogens is 2. The quantitative estimate of drug-likeness (QED) is 0.901. The number of piperazine rings is 1. The van der Waals surface area contributed by atoms with Gasteiger partial charge in [-0.15, -0.1) is 0 Å². The lowest BCUT2D eigenvalue weighted by molar-refractivity contribution is -0.136. The standard InChI is InChI=1S/C16H21Cl2N3O2/c1-11(2)16(23)21-8-6-20(7-9-21)10-14(22)19-13-5-3-4-12(17)15(13)18/h3-5,11H,6-10H2,1-2H3,(H,19,22). The zero-order valence-electron chi connectivity index (χ0n) is 13.3. The third-order valence-electron chi connectivity index (χ3n) is 3.77. The fraction of sp³-hybridized carbons (Fsp3) is 0.500. The first-order chi connectivity index (χ1) is 10.9. The monoisotopic (exact) mass is 357 g/mol. The summed E-state index contributed by atoms with van der Waals surface area (Å²) in [4.78, 5) is 28.0. The van der Waals surface area contributed by atoms with E-state index in [0.717, 1.165) is 0 Å². The predicted molar refractivity (Wildman–Crippen MR) is 92.9 cm³/mol. The van der Waals surface area contributed by atoms with Crippen LogP contribution in [0, 0.1) is 5.92 Å². The van der Waals surface area contributed by atoms with Gasteiger partial charge in [-0.05, 0) is 12.1 Å². The van der Waals surface area contributed by atoms with Crippen LogP contribution in [-0.2, 0) is 9.59 Å². The molecule has 1 N–H and O–H groups in total. The van der Waals surface area contributed by atoms with E-state index in [0.29, 0.717) is 41.9 Å². The third-order valence-corrected chi connectivity index (χ3v) is 4.59. The molecule has 0 radical (unpaired) electrons. The lowest BCUT2D eigenvalue weighted by Crippen LogP contribution is -2.51. The van der Waals surface area contributed by atoms with Crippen LogP contribution in [0.15, 0.2) is 18.2 Å². The second kappa shape index (κ2) is 7.99. The van der Waals surface area contributed by atoms with E-state index < -0.39 is 0 Å². The Morgan fingerprint density at radius 3 is 2.43 bits per heavy atom. The zero-order chi connectivity index (χ0) is 17.0. The van der Waals surface area contributed by atoms with E-state index in [9.17, 15) is 9.59 Å². The van der Waals surface area contributed by atoms with Gasteiger partial charge in [0.1, 0.15) is 0 Å². The van der Waals surface area contributed by atoms with Crippen LogP contribution in [-0.4, -0.2) is 54.3 Å². The molecule has 2 rings (SSSR count). The number of carbonyl (C=O) groups excluding carboxylic acids is 2. The van der Waals surface area contributed by atoms with Crippen LogP contribution in [0.1, 0.15) is 13.8 Å². The number of amides is 2. The molecule has 2 amide bonds. The Morgan fingerprint density at radius 1 is 1.17 bits per heavy atom. The molecular formula is C16H21Cl2N3O2. The maximum absolute atomic E-state index is 12.1. The van der Waals surface area contributed by atoms with Crippen molar-refractivity contribution in [3.05, 3.63) is 28.2 Å². The van der Waals surface area contributed by atoms with Crippen LogP contribution in [0.4, 0.5) is 5.69 Å². The summed E-state index contributed by atoms with van der Waals surface area (Å²) in [5, 5.41) is 3.52. The first-order valence-electron chi connectivity index (χ1n) is 7.63. The molecule has 126 valence electrons. The summed E-state index contributed by atoms with van der Waals surface area (Å²) >= 11 is 12.0. The van der Waals surface area contributed by atoms with Crippen LogP contribution in [0.3, 0.4) is 0 Å². The number of hydrogen-bond donors (Lipinski definition) is 1. The van der Waals surface area contributed by atoms with E-state index in [1.54, 1.807) is 18.2 Å². The number of hydrogen-bond acceptors (Lipinski definition) is 3. The molecule has 1 fully saturated rings. The molecule has 0 aliphatic carbocycles. The van der Waals surface area contributed by atoms with Crippen molar-refractivity contribution in [3.63, 3.8) is 0 Å². The Bertz CT molecular complexity index is 585. The Labute approximate surface area is 146 Å². The molecule has 7 heteroatoms. The summed E-state index contributed by atoms with van der Waals surface area (Å²) < 4.78 is 0. The normalized spacial score (nSPS) is 15.8. The molecule has 0 spiro atoms. The summed E-state index contributed by atoms with van der Waals surface area (Å²) in [6.07, 6.45) is 0. The Kier molecular flexibility index (Phi) is 6.27. The molecule has 1 heterocycles. The topological polar surface area (TPSA) is 52.7 Å². The van der Waals surface area contributed by atoms with Crippen LogP contribution in [0.2, 0.25) is 10.0 Å². The molecule has 0 atom stereocenters. The summed E-state index contributed by atoms with van der Waals surface area (Å²) in [5.41, 5.74) is 0.512. The summed E-state index contributed by atoms with van der Waals surface area (Å²) in [5.74, 6) is 0.0347. The van der Waals surface area contributed by atoms with Gasteiger partial charge in [0.2, 0.25) is 11.8 Å². The van der Waals surface area contributed by atoms with Crippen LogP contribution < -0.4 is 5.32 Å². The lowest BCUT2D eigenvalue weighted by atomic mass is 10.1. The smallest absolute Gasteiger partial charge is 0.238 e. The van der Waals surface area contributed by atoms with Gasteiger partial charge in [-0.25, -0.2) is 0 Å². The molecule has 1 aliphatic rings. The minimum Gasteiger partial charge on any atom is -0.340 e. The number of anilines is 1. The van der Waals surface area contributed by atoms with Gasteiger partial charge in [0.05, 0.1) is 22.3 Å². The van der Waals surface area contributed by atoms with Gasteiger partial charge in [0.15, 0.2) is 0 Å². The highest BCUT2D eigenvalue weighted by atomic mass is 35.5. The fourth-order valence-corrected chi connectivity index (χ4v) is 2.83. The van der Waals surface area contributed by atoms with Crippen molar-refractivity contribution in [3.8, 4) is 0 Å². The number of nitrogens with zero attached hydrogens (tertiary/aromatic N) is 2. The Balaban J connectivity index is 1.83. The van der Waals surface area contributed by atoms with Crippen molar-refractivity contribution in [2.75, 3.05) is 38.0 Å². The zero-order valence-corrected chi connectivity index (χ0v) is 14.8. The van der Waals surface area contributed by atoms with Crippen molar-refractivity contribution in [1.82, 2.24) is 9.80 Å². The van der Waals surface area contributed by atoms with Crippen molar-refractivity contribution in [1.29, 1.82) is 0 Å². The number of nitrogens with one attached hydrogen (secondary N) is 1. The molecule has 1 saturated heterocycles. The Morgan fingerprint density at radius 2 is 1.83 bits per heavy atom. The molecule has 1 aromatic rings. The van der Waals surface area contributed by atoms with Crippen LogP contribution in [0.5, 0.6) is 0 Å². The second-order valence-electron chi connectivity index (χ2n) is 5.91. The number of benzene rings is 1. The minimum absolute atomic E-state index is 0.00909. The van der Waals surface area contributed by atoms with E-state index in [4.69, 9.17) is 23.2 Å². The van der Waals surface area contributed by atoms with Gasteiger partial charge in [-0.2, -0.15) is 0 Å². The summed E-state index contributed by atoms with van der Waals surface area (Å²) in [6, 6.07) is 5.12. The van der Waals surface area contributed by atoms with Crippen molar-refractivity contribution in [2.45, 2.75) is 13.8 Å². The van der Waals surface area contributed by atoms with Gasteiger partial charge in [-0.3, -0.25) is 14.5 Å². The first kappa shape index (κ1) is 18.0. The van der Waals surface area contributed by atoms with Crippen LogP contribution in [0.25, 0.3) is 0 Å². The predicted octanol–water partition coefficient (Wildman–Crippen LogP) is 2.73. The molecule has 1 aliphatic heterocycles. The van der Waals surface area contributed by atoms with E-state index in [1.165, 1.54) is 0 Å². The average molecular weight is 358 g/mol. The average Bonchev–Trinajstić information content (AvgIpc) is 2.52. The van der Waals surface area contributed by atoms with Gasteiger partial charge in [-0.1, -0.05) is 43.1 Å². The molecule has 1 aromatic carbocycles. The number of carbonyl (C=O) groups is 2. The first-order valence-corrected chi connectivity index (χ1v) is 8.39. The molecular weight excluding hydrogens is 337 g/mol. The summed E-state index contributed by atoms with van der Waals surface area (Å²) in [6.45, 7) is 6.76. The molecule has 23 heavy (non-hydrogen) atoms. The van der Waals surface area contributed by atoms with E-state index in [-0.39, 0.29) is 24.3 Å². The molecule has 0 aromatic heterocycles. The third kappa shape index (κ3) is 4.83. The second-order valence-corrected chi connectivity index (χ2v) is 6.69. The summed E-state index contributed by atoms with van der Waals surface area (Å²) in [7, 11) is 0. The molecule has 0 saturated carbocycles. The highest BCUT2D eigenvalue weighted by Crippen LogP contribution is 2.29. The highest BCUT2D eigenvalue weighted by molar-refractivity contribution is 6.43. The van der Waals surface area contributed by atoms with Gasteiger partial charge < -0.3 is 10.2 Å². The van der Waals surface area contributed by atoms with E-state index >= 15 is 0 Å². The van der Waals surface area contributed by atoms with Crippen molar-refractivity contribution < 1.29 is 9.59 Å². The highest BCUT2D eigenvalue weighted by Gasteiger charge is 2.24. The lowest BCUT2D eigenvalue weighted by Gasteiger charge is -2.35. The van der Waals surface area contributed by atoms with E-state index in [2.05, 4.69) is 5.32 Å². The van der Waals surface area contributed by atoms with Gasteiger partial charge >= 0.3 is 0 Å². The maximum Gasteiger partial charge on any atom is 0.238 e. The fourth-order valence-electron chi connectivity index (χ4n) is 2.48. The van der Waals surface area contributed by atoms with Gasteiger partial charge in [0.25, 0.3) is 0 Å². The van der Waals surface area contributed by atoms with Crippen molar-refractivity contribution >= 4 is 40.7 Å². The Hall–Kier alpha value is -1.30. The molecule has 0 unspecified atom stereocenters. The largest absolute Gasteiger partial charge is 0.340 e. The van der Waals surface area contributed by atoms with Crippen LogP contribution >= 0.6 is 23.2 Å². The molecule has 5 nitrogen and oxygen atoms in total. The number of rotatable bonds is 4. The minimum atomic E-state index is -0.141. The van der Waals surface area contributed by atoms with Gasteiger partial charge in [0, 0.05) is 32.1 Å². The van der Waals surface area contributed by atoms with E-state index in [1.807, 2.05) is 23.6 Å².